The molecular weight excluding hydrogens is 200 g/mol. The molecule has 50 valence electrons. The predicted molar refractivity (Wildman–Crippen MR) is 15.3 cm³/mol. The Hall–Kier alpha value is -0.0210. The fourth-order valence-corrected chi connectivity index (χ4v) is 0. The molecule has 0 amide bonds. The summed E-state index contributed by atoms with van der Waals surface area (Å²) >= 11 is 0. The van der Waals surface area contributed by atoms with Gasteiger partial charge in [-0.1, -0.05) is 0 Å². The van der Waals surface area contributed by atoms with E-state index >= 15 is 0 Å². The maximum atomic E-state index is 9.10. The van der Waals surface area contributed by atoms with E-state index in [0.29, 0.717) is 0 Å². The first-order valence-corrected chi connectivity index (χ1v) is 1.11. The first-order valence-electron chi connectivity index (χ1n) is 1.11. The molecule has 0 aliphatic carbocycles. The van der Waals surface area contributed by atoms with Crippen LogP contribution < -0.4 is 0 Å². The molecule has 0 aromatic carbocycles. The first-order chi connectivity index (χ1) is 2.64. The second-order valence-corrected chi connectivity index (χ2v) is 0.610. The van der Waals surface area contributed by atoms with Gasteiger partial charge in [-0.3, -0.25) is 0 Å². The Balaban J connectivity index is -0.000000125. The summed E-state index contributed by atoms with van der Waals surface area (Å²) in [6.07, 6.45) is 0. The molecule has 0 spiro atoms. The average molecular weight is 202 g/mol. The van der Waals surface area contributed by atoms with Gasteiger partial charge < -0.3 is 10.2 Å². The van der Waals surface area contributed by atoms with Gasteiger partial charge in [0.05, 0.1) is 0 Å². The molecule has 0 unspecified atom stereocenters. The third-order valence-corrected chi connectivity index (χ3v) is 0.183. The fourth-order valence-electron chi connectivity index (χ4n) is 0. The van der Waals surface area contributed by atoms with Crippen molar-refractivity contribution < 1.29 is 53.9 Å². The molecule has 0 bridgehead atoms. The maximum absolute atomic E-state index is 9.10. The van der Waals surface area contributed by atoms with Crippen LogP contribution in [0.1, 0.15) is 0 Å². The van der Waals surface area contributed by atoms with Crippen LogP contribution in [-0.2, 0) is 43.7 Å². The molecule has 2 N–H and O–H groups in total. The molecule has 8 heavy (non-hydrogen) atoms. The zero-order valence-corrected chi connectivity index (χ0v) is 5.63. The molecule has 0 atom stereocenters. The number of hydrogen-bond donors (Lipinski definition) is 2. The van der Waals surface area contributed by atoms with E-state index in [1.807, 2.05) is 0 Å². The van der Waals surface area contributed by atoms with E-state index in [1.54, 1.807) is 0 Å². The van der Waals surface area contributed by atoms with Crippen molar-refractivity contribution >= 4 is 11.9 Å². The van der Waals surface area contributed by atoms with Crippen molar-refractivity contribution in [3.63, 3.8) is 0 Å². The van der Waals surface area contributed by atoms with Crippen molar-refractivity contribution in [1.29, 1.82) is 0 Å². The molecule has 0 aliphatic heterocycles. The maximum Gasteiger partial charge on any atom is 0.414 e. The van der Waals surface area contributed by atoms with Crippen LogP contribution >= 0.6 is 0 Å². The average Bonchev–Trinajstić information content (AvgIpc) is 1.36. The molecule has 0 aromatic rings. The minimum absolute atomic E-state index is 0. The quantitative estimate of drug-likeness (QED) is 0.396. The fraction of sp³-hybridized carbons (Fsp3) is 0. The van der Waals surface area contributed by atoms with Crippen molar-refractivity contribution in [2.45, 2.75) is 0 Å². The minimum Gasteiger partial charge on any atom is -0.473 e. The van der Waals surface area contributed by atoms with Crippen molar-refractivity contribution in [2.24, 2.45) is 0 Å². The van der Waals surface area contributed by atoms with E-state index in [0.717, 1.165) is 0 Å². The normalized spacial score (nSPS) is 5.50. The summed E-state index contributed by atoms with van der Waals surface area (Å²) in [4.78, 5) is 18.2. The molecule has 0 radical (unpaired) electrons. The molecule has 0 fully saturated rings. The van der Waals surface area contributed by atoms with Crippen LogP contribution in [0.4, 0.5) is 0 Å². The van der Waals surface area contributed by atoms with Crippen LogP contribution in [0.5, 0.6) is 0 Å². The van der Waals surface area contributed by atoms with Gasteiger partial charge in [0.15, 0.2) is 0 Å². The summed E-state index contributed by atoms with van der Waals surface area (Å²) in [5.74, 6) is -3.65. The van der Waals surface area contributed by atoms with Crippen molar-refractivity contribution in [3.05, 3.63) is 0 Å². The van der Waals surface area contributed by atoms with Crippen LogP contribution in [0.25, 0.3) is 0 Å². The second-order valence-electron chi connectivity index (χ2n) is 0.610. The summed E-state index contributed by atoms with van der Waals surface area (Å²) in [5.41, 5.74) is 0. The van der Waals surface area contributed by atoms with E-state index < -0.39 is 11.9 Å². The molecule has 0 saturated carbocycles. The van der Waals surface area contributed by atoms with Crippen LogP contribution in [-0.4, -0.2) is 22.2 Å². The molecule has 0 aliphatic rings. The van der Waals surface area contributed by atoms with E-state index in [1.165, 1.54) is 0 Å². The number of carboxylic acids is 2. The Bertz CT molecular complexity index is 78.0. The Morgan fingerprint density at radius 1 is 0.875 bits per heavy atom. The first kappa shape index (κ1) is 15.7. The van der Waals surface area contributed by atoms with Crippen LogP contribution in [0.2, 0.25) is 0 Å². The molecule has 6 heteroatoms. The third-order valence-electron chi connectivity index (χ3n) is 0.183. The smallest absolute Gasteiger partial charge is 0.414 e. The topological polar surface area (TPSA) is 74.6 Å². The Labute approximate surface area is 66.2 Å². The third kappa shape index (κ3) is 9.36. The van der Waals surface area contributed by atoms with Gasteiger partial charge in [-0.05, 0) is 0 Å². The Morgan fingerprint density at radius 2 is 1.00 bits per heavy atom. The standard InChI is InChI=1S/C2H2O4.2Fe/c3-1(4)2(5)6;;/h(H,3,4)(H,5,6);;. The van der Waals surface area contributed by atoms with Gasteiger partial charge in [-0.2, -0.15) is 0 Å². The van der Waals surface area contributed by atoms with E-state index in [4.69, 9.17) is 19.8 Å². The van der Waals surface area contributed by atoms with E-state index in [-0.39, 0.29) is 34.1 Å². The monoisotopic (exact) mass is 202 g/mol. The largest absolute Gasteiger partial charge is 0.473 e. The second kappa shape index (κ2) is 6.98. The predicted octanol–water partition coefficient (Wildman–Crippen LogP) is -0.849. The van der Waals surface area contributed by atoms with Crippen molar-refractivity contribution in [2.75, 3.05) is 0 Å². The van der Waals surface area contributed by atoms with Gasteiger partial charge in [-0.25, -0.2) is 9.59 Å². The number of aliphatic carboxylic acids is 2. The van der Waals surface area contributed by atoms with E-state index in [2.05, 4.69) is 0 Å². The Kier molecular flexibility index (Phi) is 13.7. The van der Waals surface area contributed by atoms with Gasteiger partial charge in [0.2, 0.25) is 0 Å². The summed E-state index contributed by atoms with van der Waals surface area (Å²) in [7, 11) is 0. The number of carboxylic acid groups (broad SMARTS) is 2. The number of rotatable bonds is 0. The van der Waals surface area contributed by atoms with Crippen LogP contribution in [0.3, 0.4) is 0 Å². The molecule has 0 saturated heterocycles. The van der Waals surface area contributed by atoms with Gasteiger partial charge in [0.25, 0.3) is 0 Å². The molecule has 0 aromatic heterocycles. The summed E-state index contributed by atoms with van der Waals surface area (Å²) in [6.45, 7) is 0. The van der Waals surface area contributed by atoms with Gasteiger partial charge in [0, 0.05) is 34.1 Å². The summed E-state index contributed by atoms with van der Waals surface area (Å²) in [6, 6.07) is 0. The van der Waals surface area contributed by atoms with Gasteiger partial charge in [0.1, 0.15) is 0 Å². The van der Waals surface area contributed by atoms with Crippen molar-refractivity contribution in [1.82, 2.24) is 0 Å². The van der Waals surface area contributed by atoms with Gasteiger partial charge in [-0.15, -0.1) is 0 Å². The van der Waals surface area contributed by atoms with Crippen molar-refractivity contribution in [3.8, 4) is 0 Å². The SMILES string of the molecule is O=C(O)C(=O)O.[Fe].[Fe]. The molecule has 0 rings (SSSR count). The zero-order valence-electron chi connectivity index (χ0n) is 3.42. The van der Waals surface area contributed by atoms with E-state index in [9.17, 15) is 0 Å². The number of carbonyl (C=O) groups is 2. The Morgan fingerprint density at radius 3 is 1.00 bits per heavy atom. The summed E-state index contributed by atoms with van der Waals surface area (Å²) < 4.78 is 0. The van der Waals surface area contributed by atoms with Gasteiger partial charge >= 0.3 is 11.9 Å². The molecular formula is C2H2Fe2O4. The summed E-state index contributed by atoms with van der Waals surface area (Å²) in [5, 5.41) is 14.8. The minimum atomic E-state index is -1.82. The number of hydrogen-bond acceptors (Lipinski definition) is 2. The van der Waals surface area contributed by atoms with Crippen LogP contribution in [0, 0.1) is 0 Å². The zero-order chi connectivity index (χ0) is 5.15. The molecule has 4 nitrogen and oxygen atoms in total. The van der Waals surface area contributed by atoms with Crippen LogP contribution in [0.15, 0.2) is 0 Å². The molecule has 0 heterocycles.